The van der Waals surface area contributed by atoms with Crippen LogP contribution in [0.15, 0.2) is 23.1 Å². The quantitative estimate of drug-likeness (QED) is 0.642. The Morgan fingerprint density at radius 3 is 2.76 bits per heavy atom. The summed E-state index contributed by atoms with van der Waals surface area (Å²) in [6.45, 7) is 1.87. The van der Waals surface area contributed by atoms with Gasteiger partial charge in [-0.15, -0.1) is 0 Å². The molecule has 0 unspecified atom stereocenters. The third-order valence-electron chi connectivity index (χ3n) is 3.24. The number of benzene rings is 1. The Morgan fingerprint density at radius 1 is 1.38 bits per heavy atom. The van der Waals surface area contributed by atoms with Crippen LogP contribution in [0.4, 0.5) is 5.69 Å². The molecule has 1 amide bonds. The van der Waals surface area contributed by atoms with Gasteiger partial charge in [0, 0.05) is 24.7 Å². The Bertz CT molecular complexity index is 686. The Labute approximate surface area is 122 Å². The zero-order valence-corrected chi connectivity index (χ0v) is 12.2. The van der Waals surface area contributed by atoms with E-state index in [9.17, 15) is 23.3 Å². The molecule has 21 heavy (non-hydrogen) atoms. The minimum absolute atomic E-state index is 0.172. The standard InChI is InChI=1S/C12H15N3O5S/c1-9-3-4-10(7-11(9)15(17)18)21(19,20)14-6-2-5-13-12(16)8-14/h3-4,7H,2,5-6,8H2,1H3,(H,13,16). The lowest BCUT2D eigenvalue weighted by Crippen LogP contribution is -2.37. The highest BCUT2D eigenvalue weighted by Crippen LogP contribution is 2.24. The van der Waals surface area contributed by atoms with Crippen LogP contribution in [0.2, 0.25) is 0 Å². The molecule has 0 aliphatic carbocycles. The molecule has 1 aromatic rings. The summed E-state index contributed by atoms with van der Waals surface area (Å²) < 4.78 is 26.0. The van der Waals surface area contributed by atoms with Crippen molar-refractivity contribution in [3.05, 3.63) is 33.9 Å². The van der Waals surface area contributed by atoms with E-state index in [0.717, 1.165) is 10.4 Å². The Kier molecular flexibility index (Phi) is 4.24. The lowest BCUT2D eigenvalue weighted by atomic mass is 10.2. The van der Waals surface area contributed by atoms with E-state index >= 15 is 0 Å². The molecule has 1 saturated heterocycles. The van der Waals surface area contributed by atoms with Gasteiger partial charge in [0.05, 0.1) is 16.4 Å². The Morgan fingerprint density at radius 2 is 2.10 bits per heavy atom. The smallest absolute Gasteiger partial charge is 0.273 e. The van der Waals surface area contributed by atoms with E-state index in [2.05, 4.69) is 5.32 Å². The summed E-state index contributed by atoms with van der Waals surface area (Å²) in [4.78, 5) is 21.6. The molecule has 2 rings (SSSR count). The number of carbonyl (C=O) groups excluding carboxylic acids is 1. The fourth-order valence-electron chi connectivity index (χ4n) is 2.08. The van der Waals surface area contributed by atoms with Crippen LogP contribution in [0, 0.1) is 17.0 Å². The molecule has 114 valence electrons. The Balaban J connectivity index is 2.41. The van der Waals surface area contributed by atoms with E-state index in [0.29, 0.717) is 18.5 Å². The number of aryl methyl sites for hydroxylation is 1. The van der Waals surface area contributed by atoms with Crippen LogP contribution in [0.3, 0.4) is 0 Å². The largest absolute Gasteiger partial charge is 0.355 e. The summed E-state index contributed by atoms with van der Waals surface area (Å²) in [5.74, 6) is -0.377. The minimum Gasteiger partial charge on any atom is -0.355 e. The zero-order valence-electron chi connectivity index (χ0n) is 11.4. The second-order valence-corrected chi connectivity index (χ2v) is 6.69. The summed E-state index contributed by atoms with van der Waals surface area (Å²) in [5.41, 5.74) is 0.128. The molecular formula is C12H15N3O5S. The molecule has 1 N–H and O–H groups in total. The van der Waals surface area contributed by atoms with Gasteiger partial charge in [-0.3, -0.25) is 14.9 Å². The second kappa shape index (κ2) is 5.78. The van der Waals surface area contributed by atoms with E-state index in [1.54, 1.807) is 0 Å². The van der Waals surface area contributed by atoms with Crippen molar-refractivity contribution in [2.24, 2.45) is 0 Å². The summed E-state index contributed by atoms with van der Waals surface area (Å²) in [6.07, 6.45) is 0.499. The second-order valence-electron chi connectivity index (χ2n) is 4.75. The first kappa shape index (κ1) is 15.4. The van der Waals surface area contributed by atoms with Gasteiger partial charge in [0.1, 0.15) is 0 Å². The van der Waals surface area contributed by atoms with Crippen molar-refractivity contribution in [1.82, 2.24) is 9.62 Å². The van der Waals surface area contributed by atoms with Gasteiger partial charge in [0.25, 0.3) is 5.69 Å². The molecule has 1 heterocycles. The molecular weight excluding hydrogens is 298 g/mol. The number of hydrogen-bond acceptors (Lipinski definition) is 5. The fourth-order valence-corrected chi connectivity index (χ4v) is 3.53. The van der Waals surface area contributed by atoms with Crippen molar-refractivity contribution in [1.29, 1.82) is 0 Å². The van der Waals surface area contributed by atoms with Gasteiger partial charge >= 0.3 is 0 Å². The van der Waals surface area contributed by atoms with Crippen molar-refractivity contribution in [3.63, 3.8) is 0 Å². The molecule has 0 atom stereocenters. The minimum atomic E-state index is -3.92. The highest BCUT2D eigenvalue weighted by atomic mass is 32.2. The third kappa shape index (κ3) is 3.19. The maximum Gasteiger partial charge on any atom is 0.273 e. The van der Waals surface area contributed by atoms with Crippen LogP contribution in [-0.4, -0.2) is 43.2 Å². The molecule has 1 aromatic carbocycles. The average Bonchev–Trinajstić information content (AvgIpc) is 2.63. The van der Waals surface area contributed by atoms with Gasteiger partial charge in [-0.2, -0.15) is 4.31 Å². The van der Waals surface area contributed by atoms with E-state index in [1.807, 2.05) is 0 Å². The molecule has 1 aliphatic heterocycles. The van der Waals surface area contributed by atoms with Crippen LogP contribution in [0.25, 0.3) is 0 Å². The molecule has 0 bridgehead atoms. The van der Waals surface area contributed by atoms with E-state index < -0.39 is 14.9 Å². The number of carbonyl (C=O) groups is 1. The van der Waals surface area contributed by atoms with Crippen molar-refractivity contribution < 1.29 is 18.1 Å². The molecule has 0 radical (unpaired) electrons. The summed E-state index contributed by atoms with van der Waals surface area (Å²) in [7, 11) is -3.92. The number of hydrogen-bond donors (Lipinski definition) is 1. The van der Waals surface area contributed by atoms with Crippen molar-refractivity contribution in [3.8, 4) is 0 Å². The predicted octanol–water partition coefficient (Wildman–Crippen LogP) is 0.414. The van der Waals surface area contributed by atoms with Crippen molar-refractivity contribution in [2.45, 2.75) is 18.2 Å². The number of nitro groups is 1. The third-order valence-corrected chi connectivity index (χ3v) is 5.08. The van der Waals surface area contributed by atoms with Crippen molar-refractivity contribution >= 4 is 21.6 Å². The monoisotopic (exact) mass is 313 g/mol. The molecule has 9 heteroatoms. The Hall–Kier alpha value is -2.00. The molecule has 1 aliphatic rings. The number of nitrogens with one attached hydrogen (secondary N) is 1. The van der Waals surface area contributed by atoms with Crippen LogP contribution >= 0.6 is 0 Å². The van der Waals surface area contributed by atoms with E-state index in [-0.39, 0.29) is 29.6 Å². The van der Waals surface area contributed by atoms with Crippen molar-refractivity contribution in [2.75, 3.05) is 19.6 Å². The van der Waals surface area contributed by atoms with Crippen LogP contribution in [-0.2, 0) is 14.8 Å². The van der Waals surface area contributed by atoms with Crippen LogP contribution in [0.1, 0.15) is 12.0 Å². The normalized spacial score (nSPS) is 17.1. The molecule has 0 spiro atoms. The average molecular weight is 313 g/mol. The molecule has 8 nitrogen and oxygen atoms in total. The van der Waals surface area contributed by atoms with Crippen LogP contribution in [0.5, 0.6) is 0 Å². The highest BCUT2D eigenvalue weighted by Gasteiger charge is 2.29. The summed E-state index contributed by atoms with van der Waals surface area (Å²) >= 11 is 0. The molecule has 1 fully saturated rings. The number of rotatable bonds is 3. The highest BCUT2D eigenvalue weighted by molar-refractivity contribution is 7.89. The lowest BCUT2D eigenvalue weighted by molar-refractivity contribution is -0.385. The predicted molar refractivity (Wildman–Crippen MR) is 74.2 cm³/mol. The van der Waals surface area contributed by atoms with E-state index in [1.165, 1.54) is 19.1 Å². The number of sulfonamides is 1. The molecule has 0 aromatic heterocycles. The number of nitrogens with zero attached hydrogens (tertiary/aromatic N) is 2. The van der Waals surface area contributed by atoms with Gasteiger partial charge in [0.2, 0.25) is 15.9 Å². The zero-order chi connectivity index (χ0) is 15.6. The summed E-state index contributed by atoms with van der Waals surface area (Å²) in [5, 5.41) is 13.5. The van der Waals surface area contributed by atoms with Gasteiger partial charge < -0.3 is 5.32 Å². The fraction of sp³-hybridized carbons (Fsp3) is 0.417. The summed E-state index contributed by atoms with van der Waals surface area (Å²) in [6, 6.07) is 3.75. The first-order chi connectivity index (χ1) is 9.82. The SMILES string of the molecule is Cc1ccc(S(=O)(=O)N2CCCNC(=O)C2)cc1[N+](=O)[O-]. The number of amides is 1. The maximum absolute atomic E-state index is 12.5. The van der Waals surface area contributed by atoms with Gasteiger partial charge in [-0.05, 0) is 19.4 Å². The van der Waals surface area contributed by atoms with Gasteiger partial charge in [0.15, 0.2) is 0 Å². The lowest BCUT2D eigenvalue weighted by Gasteiger charge is -2.18. The topological polar surface area (TPSA) is 110 Å². The van der Waals surface area contributed by atoms with Gasteiger partial charge in [-0.25, -0.2) is 8.42 Å². The first-order valence-corrected chi connectivity index (χ1v) is 7.78. The van der Waals surface area contributed by atoms with Crippen LogP contribution < -0.4 is 5.32 Å². The number of nitro benzene ring substituents is 1. The molecule has 0 saturated carbocycles. The maximum atomic E-state index is 12.5. The van der Waals surface area contributed by atoms with Gasteiger partial charge in [-0.1, -0.05) is 6.07 Å². The van der Waals surface area contributed by atoms with E-state index in [4.69, 9.17) is 0 Å². The first-order valence-electron chi connectivity index (χ1n) is 6.34.